The predicted octanol–water partition coefficient (Wildman–Crippen LogP) is 4.26. The zero-order chi connectivity index (χ0) is 20.5. The number of benzene rings is 1. The van der Waals surface area contributed by atoms with Crippen LogP contribution >= 0.6 is 11.6 Å². The van der Waals surface area contributed by atoms with Gasteiger partial charge in [0, 0.05) is 29.5 Å². The van der Waals surface area contributed by atoms with Crippen LogP contribution in [0.15, 0.2) is 70.9 Å². The fourth-order valence-corrected chi connectivity index (χ4v) is 3.61. The molecule has 29 heavy (non-hydrogen) atoms. The van der Waals surface area contributed by atoms with Gasteiger partial charge >= 0.3 is 0 Å². The van der Waals surface area contributed by atoms with Gasteiger partial charge < -0.3 is 14.4 Å². The molecule has 1 atom stereocenters. The number of aromatic nitrogens is 1. The zero-order valence-corrected chi connectivity index (χ0v) is 16.3. The van der Waals surface area contributed by atoms with Crippen molar-refractivity contribution in [1.29, 1.82) is 0 Å². The molecule has 0 saturated carbocycles. The van der Waals surface area contributed by atoms with E-state index in [4.69, 9.17) is 16.0 Å². The van der Waals surface area contributed by atoms with E-state index >= 15 is 0 Å². The van der Waals surface area contributed by atoms with Crippen LogP contribution in [0.1, 0.15) is 28.7 Å². The first-order valence-electron chi connectivity index (χ1n) is 8.95. The Balaban J connectivity index is 1.86. The lowest BCUT2D eigenvalue weighted by atomic mass is 9.99. The number of carbonyl (C=O) groups excluding carboxylic acids is 2. The maximum atomic E-state index is 12.9. The molecular weight excluding hydrogens is 392 g/mol. The molecule has 1 N–H and O–H groups in total. The summed E-state index contributed by atoms with van der Waals surface area (Å²) in [7, 11) is 0. The second-order valence-corrected chi connectivity index (χ2v) is 7.18. The highest BCUT2D eigenvalue weighted by Crippen LogP contribution is 2.41. The Hall–Kier alpha value is -3.38. The van der Waals surface area contributed by atoms with Crippen molar-refractivity contribution < 1.29 is 19.1 Å². The van der Waals surface area contributed by atoms with E-state index in [2.05, 4.69) is 4.98 Å². The van der Waals surface area contributed by atoms with Crippen LogP contribution in [0.4, 0.5) is 0 Å². The van der Waals surface area contributed by atoms with Gasteiger partial charge in [0.05, 0.1) is 5.57 Å². The fraction of sp³-hybridized carbons (Fsp3) is 0.136. The van der Waals surface area contributed by atoms with Gasteiger partial charge in [0.1, 0.15) is 23.3 Å². The monoisotopic (exact) mass is 408 g/mol. The van der Waals surface area contributed by atoms with E-state index in [1.807, 2.05) is 0 Å². The lowest BCUT2D eigenvalue weighted by Gasteiger charge is -2.23. The summed E-state index contributed by atoms with van der Waals surface area (Å²) in [6.07, 6.45) is 3.23. The highest BCUT2D eigenvalue weighted by Gasteiger charge is 2.47. The number of aryl methyl sites for hydroxylation is 1. The number of aliphatic hydroxyl groups is 1. The molecule has 1 saturated heterocycles. The third-order valence-electron chi connectivity index (χ3n) is 4.77. The molecule has 146 valence electrons. The minimum Gasteiger partial charge on any atom is -0.507 e. The minimum atomic E-state index is -0.851. The first-order valence-corrected chi connectivity index (χ1v) is 9.33. The molecule has 0 radical (unpaired) electrons. The van der Waals surface area contributed by atoms with Crippen LogP contribution in [0.25, 0.3) is 5.76 Å². The van der Waals surface area contributed by atoms with Gasteiger partial charge in [-0.25, -0.2) is 0 Å². The van der Waals surface area contributed by atoms with E-state index in [-0.39, 0.29) is 17.9 Å². The Morgan fingerprint density at radius 2 is 1.93 bits per heavy atom. The van der Waals surface area contributed by atoms with E-state index < -0.39 is 17.7 Å². The number of ketones is 1. The molecule has 1 aromatic carbocycles. The second-order valence-electron chi connectivity index (χ2n) is 6.74. The van der Waals surface area contributed by atoms with Gasteiger partial charge in [0.2, 0.25) is 0 Å². The SMILES string of the molecule is Cc1ccc(C2/C(=C(/O)c3cccc(Cl)c3)C(=O)C(=O)N2Cc2ccncc2)o1. The summed E-state index contributed by atoms with van der Waals surface area (Å²) in [5, 5.41) is 11.3. The van der Waals surface area contributed by atoms with Crippen LogP contribution in [0.3, 0.4) is 0 Å². The maximum absolute atomic E-state index is 12.9. The molecule has 0 bridgehead atoms. The third-order valence-corrected chi connectivity index (χ3v) is 5.01. The maximum Gasteiger partial charge on any atom is 0.296 e. The van der Waals surface area contributed by atoms with E-state index in [1.165, 1.54) is 11.0 Å². The normalized spacial score (nSPS) is 18.4. The van der Waals surface area contributed by atoms with Crippen molar-refractivity contribution in [3.8, 4) is 0 Å². The highest BCUT2D eigenvalue weighted by molar-refractivity contribution is 6.46. The van der Waals surface area contributed by atoms with Crippen molar-refractivity contribution in [2.45, 2.75) is 19.5 Å². The van der Waals surface area contributed by atoms with Crippen molar-refractivity contribution in [2.24, 2.45) is 0 Å². The molecule has 7 heteroatoms. The third kappa shape index (κ3) is 3.54. The molecule has 0 aliphatic carbocycles. The summed E-state index contributed by atoms with van der Waals surface area (Å²) in [6, 6.07) is 12.6. The summed E-state index contributed by atoms with van der Waals surface area (Å²) in [6.45, 7) is 1.94. The van der Waals surface area contributed by atoms with Crippen molar-refractivity contribution in [2.75, 3.05) is 0 Å². The molecule has 1 fully saturated rings. The van der Waals surface area contributed by atoms with E-state index in [0.29, 0.717) is 22.1 Å². The van der Waals surface area contributed by atoms with Crippen molar-refractivity contribution in [3.05, 3.63) is 94.2 Å². The standard InChI is InChI=1S/C22H17ClN2O4/c1-13-5-6-17(29-13)19-18(20(26)15-3-2-4-16(23)11-15)21(27)22(28)25(19)12-14-7-9-24-10-8-14/h2-11,19,26H,12H2,1H3/b20-18-. The molecule has 0 spiro atoms. The van der Waals surface area contributed by atoms with Gasteiger partial charge in [-0.15, -0.1) is 0 Å². The molecule has 6 nitrogen and oxygen atoms in total. The molecule has 3 heterocycles. The average molecular weight is 409 g/mol. The summed E-state index contributed by atoms with van der Waals surface area (Å²) in [5.41, 5.74) is 1.13. The molecule has 1 amide bonds. The molecule has 1 aliphatic heterocycles. The Bertz CT molecular complexity index is 1120. The van der Waals surface area contributed by atoms with Gasteiger partial charge in [-0.05, 0) is 48.9 Å². The van der Waals surface area contributed by atoms with Gasteiger partial charge in [-0.3, -0.25) is 14.6 Å². The molecule has 4 rings (SSSR count). The number of likely N-dealkylation sites (tertiary alicyclic amines) is 1. The van der Waals surface area contributed by atoms with Crippen LogP contribution in [-0.2, 0) is 16.1 Å². The highest BCUT2D eigenvalue weighted by atomic mass is 35.5. The minimum absolute atomic E-state index is 0.0272. The number of aliphatic hydroxyl groups excluding tert-OH is 1. The van der Waals surface area contributed by atoms with E-state index in [1.54, 1.807) is 61.8 Å². The van der Waals surface area contributed by atoms with Crippen LogP contribution in [0, 0.1) is 6.92 Å². The smallest absolute Gasteiger partial charge is 0.296 e. The van der Waals surface area contributed by atoms with Crippen molar-refractivity contribution in [3.63, 3.8) is 0 Å². The number of pyridine rings is 1. The predicted molar refractivity (Wildman–Crippen MR) is 107 cm³/mol. The molecular formula is C22H17ClN2O4. The van der Waals surface area contributed by atoms with Crippen molar-refractivity contribution >= 4 is 29.1 Å². The van der Waals surface area contributed by atoms with Gasteiger partial charge in [-0.2, -0.15) is 0 Å². The number of hydrogen-bond acceptors (Lipinski definition) is 5. The molecule has 1 aliphatic rings. The average Bonchev–Trinajstić information content (AvgIpc) is 3.24. The first-order chi connectivity index (χ1) is 14.0. The van der Waals surface area contributed by atoms with E-state index in [9.17, 15) is 14.7 Å². The van der Waals surface area contributed by atoms with Crippen LogP contribution < -0.4 is 0 Å². The Labute approximate surface area is 172 Å². The fourth-order valence-electron chi connectivity index (χ4n) is 3.42. The lowest BCUT2D eigenvalue weighted by Crippen LogP contribution is -2.29. The number of carbonyl (C=O) groups is 2. The summed E-state index contributed by atoms with van der Waals surface area (Å²) in [5.74, 6) is -0.723. The van der Waals surface area contributed by atoms with Crippen LogP contribution in [0.5, 0.6) is 0 Å². The number of halogens is 1. The summed E-state index contributed by atoms with van der Waals surface area (Å²) >= 11 is 6.03. The topological polar surface area (TPSA) is 83.6 Å². The largest absolute Gasteiger partial charge is 0.507 e. The van der Waals surface area contributed by atoms with Crippen LogP contribution in [-0.4, -0.2) is 26.7 Å². The zero-order valence-electron chi connectivity index (χ0n) is 15.5. The van der Waals surface area contributed by atoms with Gasteiger partial charge in [0.25, 0.3) is 11.7 Å². The number of amides is 1. The van der Waals surface area contributed by atoms with Crippen LogP contribution in [0.2, 0.25) is 5.02 Å². The number of rotatable bonds is 4. The number of hydrogen-bond donors (Lipinski definition) is 1. The second kappa shape index (κ2) is 7.56. The van der Waals surface area contributed by atoms with Crippen molar-refractivity contribution in [1.82, 2.24) is 9.88 Å². The van der Waals surface area contributed by atoms with Gasteiger partial charge in [-0.1, -0.05) is 23.7 Å². The molecule has 2 aromatic heterocycles. The molecule has 3 aromatic rings. The Morgan fingerprint density at radius 1 is 1.17 bits per heavy atom. The molecule has 1 unspecified atom stereocenters. The summed E-state index contributed by atoms with van der Waals surface area (Å²) < 4.78 is 5.74. The van der Waals surface area contributed by atoms with E-state index in [0.717, 1.165) is 5.56 Å². The summed E-state index contributed by atoms with van der Waals surface area (Å²) in [4.78, 5) is 31.1. The Morgan fingerprint density at radius 3 is 2.59 bits per heavy atom. The van der Waals surface area contributed by atoms with Gasteiger partial charge in [0.15, 0.2) is 0 Å². The number of Topliss-reactive ketones (excluding diaryl/α,β-unsaturated/α-hetero) is 1. The number of nitrogens with zero attached hydrogens (tertiary/aromatic N) is 2. The number of furan rings is 1. The first kappa shape index (κ1) is 19.0. The Kier molecular flexibility index (Phi) is 4.94. The quantitative estimate of drug-likeness (QED) is 0.396. The lowest BCUT2D eigenvalue weighted by molar-refractivity contribution is -0.140.